The van der Waals surface area contributed by atoms with Crippen LogP contribution in [-0.2, 0) is 19.5 Å². The van der Waals surface area contributed by atoms with Gasteiger partial charge in [0.2, 0.25) is 0 Å². The van der Waals surface area contributed by atoms with Crippen molar-refractivity contribution in [1.82, 2.24) is 0 Å². The molecule has 0 heterocycles. The van der Waals surface area contributed by atoms with Gasteiger partial charge in [0.05, 0.1) is 0 Å². The van der Waals surface area contributed by atoms with Crippen LogP contribution in [0.1, 0.15) is 10.4 Å². The fraction of sp³-hybridized carbons (Fsp3) is 0. The van der Waals surface area contributed by atoms with Crippen molar-refractivity contribution < 1.29 is 24.3 Å². The minimum absolute atomic E-state index is 0. The third-order valence-electron chi connectivity index (χ3n) is 1.19. The standard InChI is InChI=1S/C7H7NOS.Zn/c8-6-3-5(4-9)1-2-7(6)10;/h1-4,10H,8H2;/q;+2. The number of hydrogen-bond acceptors (Lipinski definition) is 3. The Balaban J connectivity index is 0.000001000. The average molecular weight is 219 g/mol. The first-order valence-corrected chi connectivity index (χ1v) is 3.22. The van der Waals surface area contributed by atoms with Crippen LogP contribution in [0.2, 0.25) is 0 Å². The molecule has 0 fully saturated rings. The average Bonchev–Trinajstić information content (AvgIpc) is 1.95. The van der Waals surface area contributed by atoms with E-state index in [-0.39, 0.29) is 19.5 Å². The van der Waals surface area contributed by atoms with Crippen molar-refractivity contribution in [2.24, 2.45) is 0 Å². The molecule has 1 rings (SSSR count). The van der Waals surface area contributed by atoms with E-state index in [0.717, 1.165) is 6.29 Å². The zero-order valence-corrected chi connectivity index (χ0v) is 9.81. The van der Waals surface area contributed by atoms with Crippen LogP contribution < -0.4 is 5.73 Å². The number of carbonyl (C=O) groups excluding carboxylic acids is 1. The molecule has 0 saturated carbocycles. The van der Waals surface area contributed by atoms with Gasteiger partial charge in [-0.25, -0.2) is 0 Å². The Labute approximate surface area is 83.3 Å². The molecule has 0 unspecified atom stereocenters. The Morgan fingerprint density at radius 3 is 2.55 bits per heavy atom. The second-order valence-electron chi connectivity index (χ2n) is 1.94. The van der Waals surface area contributed by atoms with Gasteiger partial charge in [-0.05, 0) is 12.1 Å². The van der Waals surface area contributed by atoms with Gasteiger partial charge in [-0.2, -0.15) is 0 Å². The summed E-state index contributed by atoms with van der Waals surface area (Å²) >= 11 is 4.04. The van der Waals surface area contributed by atoms with Crippen LogP contribution in [0, 0.1) is 0 Å². The molecule has 0 atom stereocenters. The van der Waals surface area contributed by atoms with Crippen molar-refractivity contribution in [2.45, 2.75) is 4.90 Å². The number of anilines is 1. The van der Waals surface area contributed by atoms with Crippen LogP contribution in [0.4, 0.5) is 5.69 Å². The van der Waals surface area contributed by atoms with Crippen molar-refractivity contribution in [1.29, 1.82) is 0 Å². The third kappa shape index (κ3) is 2.64. The quantitative estimate of drug-likeness (QED) is 0.324. The molecule has 0 amide bonds. The van der Waals surface area contributed by atoms with Crippen molar-refractivity contribution in [3.05, 3.63) is 23.8 Å². The summed E-state index contributed by atoms with van der Waals surface area (Å²) in [7, 11) is 0. The molecule has 0 saturated heterocycles. The Bertz CT molecular complexity index is 265. The second-order valence-corrected chi connectivity index (χ2v) is 2.42. The minimum Gasteiger partial charge on any atom is -0.398 e. The van der Waals surface area contributed by atoms with E-state index < -0.39 is 0 Å². The first-order chi connectivity index (χ1) is 4.74. The summed E-state index contributed by atoms with van der Waals surface area (Å²) < 4.78 is 0. The van der Waals surface area contributed by atoms with Gasteiger partial charge in [-0.15, -0.1) is 12.6 Å². The van der Waals surface area contributed by atoms with Crippen molar-refractivity contribution >= 4 is 24.6 Å². The van der Waals surface area contributed by atoms with Crippen LogP contribution in [0.25, 0.3) is 0 Å². The fourth-order valence-corrected chi connectivity index (χ4v) is 0.785. The molecule has 2 N–H and O–H groups in total. The number of hydrogen-bond donors (Lipinski definition) is 2. The van der Waals surface area contributed by atoms with E-state index >= 15 is 0 Å². The number of benzene rings is 1. The topological polar surface area (TPSA) is 43.1 Å². The Morgan fingerprint density at radius 2 is 2.09 bits per heavy atom. The summed E-state index contributed by atoms with van der Waals surface area (Å²) in [5.41, 5.74) is 6.58. The molecule has 52 valence electrons. The molecule has 1 aromatic rings. The van der Waals surface area contributed by atoms with Crippen molar-refractivity contribution in [3.8, 4) is 0 Å². The molecular formula is C7H7NOSZn+2. The van der Waals surface area contributed by atoms with Crippen LogP contribution in [0.3, 0.4) is 0 Å². The number of nitrogen functional groups attached to an aromatic ring is 1. The van der Waals surface area contributed by atoms with Gasteiger partial charge in [0.1, 0.15) is 6.29 Å². The van der Waals surface area contributed by atoms with E-state index in [0.29, 0.717) is 16.1 Å². The number of aldehydes is 1. The summed E-state index contributed by atoms with van der Waals surface area (Å²) in [5, 5.41) is 0. The van der Waals surface area contributed by atoms with E-state index in [9.17, 15) is 4.79 Å². The van der Waals surface area contributed by atoms with Gasteiger partial charge >= 0.3 is 19.5 Å². The van der Waals surface area contributed by atoms with E-state index in [1.54, 1.807) is 18.2 Å². The molecule has 0 radical (unpaired) electrons. The monoisotopic (exact) mass is 217 g/mol. The largest absolute Gasteiger partial charge is 2.00 e. The molecule has 2 nitrogen and oxygen atoms in total. The van der Waals surface area contributed by atoms with Gasteiger partial charge in [0.15, 0.2) is 0 Å². The first-order valence-electron chi connectivity index (χ1n) is 2.77. The Hall–Kier alpha value is -0.337. The van der Waals surface area contributed by atoms with Crippen LogP contribution in [-0.4, -0.2) is 6.29 Å². The molecule has 4 heteroatoms. The maximum atomic E-state index is 10.2. The molecule has 0 aliphatic rings. The van der Waals surface area contributed by atoms with Crippen LogP contribution >= 0.6 is 12.6 Å². The SMILES string of the molecule is Nc1cc(C=O)ccc1S.[Zn+2]. The number of rotatable bonds is 1. The summed E-state index contributed by atoms with van der Waals surface area (Å²) in [6, 6.07) is 4.96. The van der Waals surface area contributed by atoms with Gasteiger partial charge < -0.3 is 5.73 Å². The van der Waals surface area contributed by atoms with Crippen LogP contribution in [0.5, 0.6) is 0 Å². The summed E-state index contributed by atoms with van der Waals surface area (Å²) in [4.78, 5) is 10.9. The summed E-state index contributed by atoms with van der Waals surface area (Å²) in [6.45, 7) is 0. The summed E-state index contributed by atoms with van der Waals surface area (Å²) in [6.07, 6.45) is 0.754. The third-order valence-corrected chi connectivity index (χ3v) is 1.59. The van der Waals surface area contributed by atoms with Gasteiger partial charge in [0, 0.05) is 16.1 Å². The number of carbonyl (C=O) groups is 1. The van der Waals surface area contributed by atoms with Gasteiger partial charge in [-0.3, -0.25) is 4.79 Å². The molecule has 0 aliphatic heterocycles. The zero-order chi connectivity index (χ0) is 7.56. The van der Waals surface area contributed by atoms with Crippen molar-refractivity contribution in [2.75, 3.05) is 5.73 Å². The van der Waals surface area contributed by atoms with Gasteiger partial charge in [0.25, 0.3) is 0 Å². The van der Waals surface area contributed by atoms with E-state index in [2.05, 4.69) is 12.6 Å². The Morgan fingerprint density at radius 1 is 1.45 bits per heavy atom. The maximum absolute atomic E-state index is 10.2. The number of nitrogens with two attached hydrogens (primary N) is 1. The molecule has 0 aromatic heterocycles. The molecule has 0 spiro atoms. The normalized spacial score (nSPS) is 8.45. The predicted octanol–water partition coefficient (Wildman–Crippen LogP) is 1.37. The minimum atomic E-state index is 0. The van der Waals surface area contributed by atoms with Crippen LogP contribution in [0.15, 0.2) is 23.1 Å². The molecule has 1 aromatic carbocycles. The molecular weight excluding hydrogens is 212 g/mol. The second kappa shape index (κ2) is 4.52. The molecule has 0 aliphatic carbocycles. The van der Waals surface area contributed by atoms with Crippen molar-refractivity contribution in [3.63, 3.8) is 0 Å². The first kappa shape index (κ1) is 10.7. The maximum Gasteiger partial charge on any atom is 2.00 e. The van der Waals surface area contributed by atoms with E-state index in [4.69, 9.17) is 5.73 Å². The zero-order valence-electron chi connectivity index (χ0n) is 5.95. The molecule has 11 heavy (non-hydrogen) atoms. The molecule has 0 bridgehead atoms. The fourth-order valence-electron chi connectivity index (χ4n) is 0.646. The van der Waals surface area contributed by atoms with Gasteiger partial charge in [-0.1, -0.05) is 6.07 Å². The predicted molar refractivity (Wildman–Crippen MR) is 43.5 cm³/mol. The number of thiol groups is 1. The Kier molecular flexibility index (Phi) is 4.38. The van der Waals surface area contributed by atoms with E-state index in [1.165, 1.54) is 0 Å². The summed E-state index contributed by atoms with van der Waals surface area (Å²) in [5.74, 6) is 0. The smallest absolute Gasteiger partial charge is 0.398 e. The van der Waals surface area contributed by atoms with E-state index in [1.807, 2.05) is 0 Å².